The summed E-state index contributed by atoms with van der Waals surface area (Å²) < 4.78 is 0. The van der Waals surface area contributed by atoms with Gasteiger partial charge in [0.05, 0.1) is 16.8 Å². The molecule has 1 fully saturated rings. The molecule has 0 aromatic carbocycles. The Morgan fingerprint density at radius 2 is 2.29 bits per heavy atom. The lowest BCUT2D eigenvalue weighted by molar-refractivity contribution is 0.474. The quantitative estimate of drug-likeness (QED) is 0.736. The second kappa shape index (κ2) is 3.90. The molecule has 0 bridgehead atoms. The monoisotopic (exact) mass is 236 g/mol. The molecule has 0 spiro atoms. The highest BCUT2D eigenvalue weighted by atomic mass is 35.5. The molecule has 0 aromatic heterocycles. The molecule has 1 aliphatic heterocycles. The SMILES string of the molecule is CCCC1(Cl)[C@H]2N=C(N)CC(C)[C@@H]21.Cl. The minimum absolute atomic E-state index is 0. The minimum Gasteiger partial charge on any atom is -0.387 e. The van der Waals surface area contributed by atoms with Crippen LogP contribution >= 0.6 is 24.0 Å². The fourth-order valence-corrected chi connectivity index (χ4v) is 3.42. The van der Waals surface area contributed by atoms with E-state index >= 15 is 0 Å². The van der Waals surface area contributed by atoms with Gasteiger partial charge < -0.3 is 5.73 Å². The number of nitrogens with zero attached hydrogens (tertiary/aromatic N) is 1. The van der Waals surface area contributed by atoms with Crippen molar-refractivity contribution in [3.05, 3.63) is 0 Å². The number of halogens is 2. The summed E-state index contributed by atoms with van der Waals surface area (Å²) in [4.78, 5) is 4.40. The third-order valence-electron chi connectivity index (χ3n) is 3.36. The van der Waals surface area contributed by atoms with E-state index in [-0.39, 0.29) is 17.3 Å². The van der Waals surface area contributed by atoms with Crippen LogP contribution in [0.25, 0.3) is 0 Å². The fraction of sp³-hybridized carbons (Fsp3) is 0.900. The van der Waals surface area contributed by atoms with Crippen LogP contribution in [0.3, 0.4) is 0 Å². The van der Waals surface area contributed by atoms with E-state index in [4.69, 9.17) is 17.3 Å². The van der Waals surface area contributed by atoms with Crippen molar-refractivity contribution in [2.75, 3.05) is 0 Å². The average Bonchev–Trinajstić information content (AvgIpc) is 2.56. The smallest absolute Gasteiger partial charge is 0.0944 e. The maximum atomic E-state index is 6.51. The molecular formula is C10H18Cl2N2. The molecule has 0 radical (unpaired) electrons. The molecule has 4 heteroatoms. The molecule has 2 aliphatic rings. The number of rotatable bonds is 2. The van der Waals surface area contributed by atoms with Crippen molar-refractivity contribution in [2.24, 2.45) is 22.6 Å². The Morgan fingerprint density at radius 1 is 1.64 bits per heavy atom. The summed E-state index contributed by atoms with van der Waals surface area (Å²) in [6.07, 6.45) is 3.14. The third kappa shape index (κ3) is 1.63. The van der Waals surface area contributed by atoms with Crippen molar-refractivity contribution < 1.29 is 0 Å². The second-order valence-corrected chi connectivity index (χ2v) is 5.15. The first-order valence-corrected chi connectivity index (χ1v) is 5.48. The lowest BCUT2D eigenvalue weighted by Crippen LogP contribution is -2.22. The molecule has 4 atom stereocenters. The highest BCUT2D eigenvalue weighted by Gasteiger charge is 2.66. The summed E-state index contributed by atoms with van der Waals surface area (Å²) >= 11 is 6.51. The predicted octanol–water partition coefficient (Wildman–Crippen LogP) is 2.58. The topological polar surface area (TPSA) is 38.4 Å². The standard InChI is InChI=1S/C10H17ClN2.ClH/c1-3-4-10(11)8-6(2)5-7(12)13-9(8)10;/h6,8-9H,3-5H2,1-2H3,(H2,12,13);1H/t6?,8-,9-,10?;/m0./s1. The second-order valence-electron chi connectivity index (χ2n) is 4.45. The van der Waals surface area contributed by atoms with E-state index in [1.165, 1.54) is 0 Å². The number of alkyl halides is 1. The molecule has 2 N–H and O–H groups in total. The van der Waals surface area contributed by atoms with E-state index in [0.29, 0.717) is 17.9 Å². The van der Waals surface area contributed by atoms with Crippen LogP contribution < -0.4 is 5.73 Å². The zero-order valence-corrected chi connectivity index (χ0v) is 10.2. The van der Waals surface area contributed by atoms with Crippen LogP contribution in [-0.4, -0.2) is 16.8 Å². The molecule has 0 aromatic rings. The Labute approximate surface area is 96.7 Å². The van der Waals surface area contributed by atoms with E-state index in [2.05, 4.69) is 18.8 Å². The lowest BCUT2D eigenvalue weighted by atomic mass is 9.97. The summed E-state index contributed by atoms with van der Waals surface area (Å²) in [7, 11) is 0. The zero-order valence-electron chi connectivity index (χ0n) is 8.66. The molecule has 2 unspecified atom stereocenters. The van der Waals surface area contributed by atoms with Gasteiger partial charge in [-0.25, -0.2) is 0 Å². The van der Waals surface area contributed by atoms with Crippen molar-refractivity contribution in [1.29, 1.82) is 0 Å². The van der Waals surface area contributed by atoms with Gasteiger partial charge in [-0.15, -0.1) is 24.0 Å². The largest absolute Gasteiger partial charge is 0.387 e. The van der Waals surface area contributed by atoms with Gasteiger partial charge in [0.1, 0.15) is 0 Å². The first kappa shape index (κ1) is 12.1. The van der Waals surface area contributed by atoms with Crippen molar-refractivity contribution in [3.63, 3.8) is 0 Å². The van der Waals surface area contributed by atoms with Crippen molar-refractivity contribution in [3.8, 4) is 0 Å². The number of aliphatic imine (C=N–C) groups is 1. The minimum atomic E-state index is -0.0463. The first-order chi connectivity index (χ1) is 6.09. The summed E-state index contributed by atoms with van der Waals surface area (Å²) in [5.41, 5.74) is 5.75. The van der Waals surface area contributed by atoms with Crippen LogP contribution in [0, 0.1) is 11.8 Å². The summed E-state index contributed by atoms with van der Waals surface area (Å²) in [5.74, 6) is 2.00. The highest BCUT2D eigenvalue weighted by molar-refractivity contribution is 6.27. The molecule has 1 aliphatic carbocycles. The number of hydrogen-bond donors (Lipinski definition) is 1. The van der Waals surface area contributed by atoms with Crippen LogP contribution in [0.2, 0.25) is 0 Å². The lowest BCUT2D eigenvalue weighted by Gasteiger charge is -2.14. The van der Waals surface area contributed by atoms with E-state index < -0.39 is 0 Å². The molecular weight excluding hydrogens is 219 g/mol. The van der Waals surface area contributed by atoms with Gasteiger partial charge in [-0.05, 0) is 12.3 Å². The molecule has 0 amide bonds. The predicted molar refractivity (Wildman–Crippen MR) is 63.4 cm³/mol. The Kier molecular flexibility index (Phi) is 3.37. The number of nitrogens with two attached hydrogens (primary N) is 1. The van der Waals surface area contributed by atoms with Gasteiger partial charge in [0.15, 0.2) is 0 Å². The summed E-state index contributed by atoms with van der Waals surface area (Å²) in [5, 5.41) is 0. The van der Waals surface area contributed by atoms with E-state index in [1.807, 2.05) is 0 Å². The van der Waals surface area contributed by atoms with Gasteiger partial charge in [0, 0.05) is 12.3 Å². The Morgan fingerprint density at radius 3 is 2.86 bits per heavy atom. The molecule has 2 rings (SSSR count). The number of amidine groups is 1. The Bertz CT molecular complexity index is 255. The molecule has 82 valence electrons. The first-order valence-electron chi connectivity index (χ1n) is 5.10. The van der Waals surface area contributed by atoms with Gasteiger partial charge in [-0.2, -0.15) is 0 Å². The van der Waals surface area contributed by atoms with Crippen LogP contribution in [-0.2, 0) is 0 Å². The van der Waals surface area contributed by atoms with Crippen molar-refractivity contribution in [1.82, 2.24) is 0 Å². The van der Waals surface area contributed by atoms with E-state index in [9.17, 15) is 0 Å². The fourth-order valence-electron chi connectivity index (χ4n) is 2.78. The number of fused-ring (bicyclic) bond motifs is 1. The molecule has 1 saturated carbocycles. The van der Waals surface area contributed by atoms with Crippen LogP contribution in [0.1, 0.15) is 33.1 Å². The van der Waals surface area contributed by atoms with Gasteiger partial charge >= 0.3 is 0 Å². The summed E-state index contributed by atoms with van der Waals surface area (Å²) in [6.45, 7) is 4.41. The Hall–Kier alpha value is 0.0500. The van der Waals surface area contributed by atoms with Gasteiger partial charge in [0.2, 0.25) is 0 Å². The van der Waals surface area contributed by atoms with E-state index in [1.54, 1.807) is 0 Å². The van der Waals surface area contributed by atoms with Gasteiger partial charge in [0.25, 0.3) is 0 Å². The third-order valence-corrected chi connectivity index (χ3v) is 4.02. The molecule has 0 saturated heterocycles. The van der Waals surface area contributed by atoms with Crippen LogP contribution in [0.4, 0.5) is 0 Å². The van der Waals surface area contributed by atoms with Crippen molar-refractivity contribution in [2.45, 2.75) is 44.0 Å². The normalized spacial score (nSPS) is 44.8. The van der Waals surface area contributed by atoms with Gasteiger partial charge in [-0.3, -0.25) is 4.99 Å². The Balaban J connectivity index is 0.000000980. The molecule has 2 nitrogen and oxygen atoms in total. The highest BCUT2D eigenvalue weighted by Crippen LogP contribution is 2.60. The van der Waals surface area contributed by atoms with Crippen LogP contribution in [0.15, 0.2) is 4.99 Å². The number of hydrogen-bond acceptors (Lipinski definition) is 2. The maximum Gasteiger partial charge on any atom is 0.0944 e. The van der Waals surface area contributed by atoms with Gasteiger partial charge in [-0.1, -0.05) is 20.3 Å². The van der Waals surface area contributed by atoms with Crippen LogP contribution in [0.5, 0.6) is 0 Å². The zero-order chi connectivity index (χ0) is 9.64. The molecule has 14 heavy (non-hydrogen) atoms. The molecule has 1 heterocycles. The maximum absolute atomic E-state index is 6.51. The average molecular weight is 237 g/mol. The summed E-state index contributed by atoms with van der Waals surface area (Å²) in [6, 6.07) is 0.317. The van der Waals surface area contributed by atoms with E-state index in [0.717, 1.165) is 25.1 Å². The van der Waals surface area contributed by atoms with Crippen molar-refractivity contribution >= 4 is 29.8 Å².